The Kier molecular flexibility index (Phi) is 5.17. The maximum Gasteiger partial charge on any atom is 0.136 e. The quantitative estimate of drug-likeness (QED) is 0.218. The van der Waals surface area contributed by atoms with E-state index in [1.165, 1.54) is 32.7 Å². The molecule has 0 N–H and O–H groups in total. The van der Waals surface area contributed by atoms with Gasteiger partial charge in [-0.3, -0.25) is 0 Å². The van der Waals surface area contributed by atoms with Crippen molar-refractivity contribution in [2.75, 3.05) is 4.90 Å². The summed E-state index contributed by atoms with van der Waals surface area (Å²) in [5.41, 5.74) is 7.64. The molecule has 0 aliphatic carbocycles. The first-order valence-corrected chi connectivity index (χ1v) is 13.6. The van der Waals surface area contributed by atoms with Crippen LogP contribution < -0.4 is 4.90 Å². The zero-order valence-electron chi connectivity index (χ0n) is 21.8. The van der Waals surface area contributed by atoms with E-state index < -0.39 is 0 Å². The summed E-state index contributed by atoms with van der Waals surface area (Å²) < 4.78 is 6.28. The second kappa shape index (κ2) is 9.14. The molecule has 0 atom stereocenters. The van der Waals surface area contributed by atoms with E-state index in [9.17, 15) is 0 Å². The van der Waals surface area contributed by atoms with Crippen LogP contribution in [0.15, 0.2) is 156 Å². The highest BCUT2D eigenvalue weighted by molar-refractivity contribution is 6.20. The van der Waals surface area contributed by atoms with Gasteiger partial charge in [0, 0.05) is 27.8 Å². The minimum absolute atomic E-state index is 0.921. The molecule has 7 aromatic carbocycles. The van der Waals surface area contributed by atoms with Crippen LogP contribution in [0.25, 0.3) is 54.6 Å². The number of hydrogen-bond acceptors (Lipinski definition) is 2. The Morgan fingerprint density at radius 2 is 0.975 bits per heavy atom. The third kappa shape index (κ3) is 3.65. The number of para-hydroxylation sites is 3. The maximum atomic E-state index is 6.28. The standard InChI is InChI=1S/C38H25NO/c1-3-12-28(13-4-1)39(29-14-5-2-6-15-29)30-21-19-26(20-22-30)33-23-27-11-7-8-16-31(27)35-25-38-36(24-34(33)35)32-17-9-10-18-37(32)40-38/h1-25H. The monoisotopic (exact) mass is 511 g/mol. The topological polar surface area (TPSA) is 16.4 Å². The average Bonchev–Trinajstić information content (AvgIpc) is 3.39. The van der Waals surface area contributed by atoms with E-state index in [-0.39, 0.29) is 0 Å². The van der Waals surface area contributed by atoms with Crippen LogP contribution >= 0.6 is 0 Å². The molecule has 0 saturated heterocycles. The van der Waals surface area contributed by atoms with Crippen molar-refractivity contribution >= 4 is 60.5 Å². The summed E-state index contributed by atoms with van der Waals surface area (Å²) in [5, 5.41) is 7.19. The Hall–Kier alpha value is -5.34. The molecule has 188 valence electrons. The minimum Gasteiger partial charge on any atom is -0.456 e. The van der Waals surface area contributed by atoms with Gasteiger partial charge in [0.05, 0.1) is 0 Å². The normalized spacial score (nSPS) is 11.5. The molecule has 0 spiro atoms. The van der Waals surface area contributed by atoms with Crippen molar-refractivity contribution in [3.63, 3.8) is 0 Å². The van der Waals surface area contributed by atoms with E-state index >= 15 is 0 Å². The number of benzene rings is 7. The van der Waals surface area contributed by atoms with Crippen LogP contribution in [-0.2, 0) is 0 Å². The molecule has 40 heavy (non-hydrogen) atoms. The third-order valence-electron chi connectivity index (χ3n) is 7.82. The highest BCUT2D eigenvalue weighted by Crippen LogP contribution is 2.41. The second-order valence-electron chi connectivity index (χ2n) is 10.2. The van der Waals surface area contributed by atoms with Gasteiger partial charge in [-0.15, -0.1) is 0 Å². The van der Waals surface area contributed by atoms with Gasteiger partial charge in [0.1, 0.15) is 11.2 Å². The van der Waals surface area contributed by atoms with Gasteiger partial charge in [-0.25, -0.2) is 0 Å². The molecule has 0 unspecified atom stereocenters. The second-order valence-corrected chi connectivity index (χ2v) is 10.2. The zero-order chi connectivity index (χ0) is 26.5. The molecule has 8 rings (SSSR count). The van der Waals surface area contributed by atoms with Gasteiger partial charge in [-0.2, -0.15) is 0 Å². The fraction of sp³-hybridized carbons (Fsp3) is 0. The van der Waals surface area contributed by atoms with Crippen molar-refractivity contribution < 1.29 is 4.42 Å². The molecule has 0 saturated carbocycles. The van der Waals surface area contributed by atoms with Crippen LogP contribution in [0.3, 0.4) is 0 Å². The molecule has 2 nitrogen and oxygen atoms in total. The number of rotatable bonds is 4. The van der Waals surface area contributed by atoms with Crippen LogP contribution in [0.5, 0.6) is 0 Å². The number of fused-ring (bicyclic) bond motifs is 6. The summed E-state index contributed by atoms with van der Waals surface area (Å²) in [5.74, 6) is 0. The first kappa shape index (κ1) is 22.6. The summed E-state index contributed by atoms with van der Waals surface area (Å²) in [6.45, 7) is 0. The van der Waals surface area contributed by atoms with E-state index in [0.717, 1.165) is 39.0 Å². The van der Waals surface area contributed by atoms with Gasteiger partial charge in [0.15, 0.2) is 0 Å². The molecule has 0 fully saturated rings. The first-order chi connectivity index (χ1) is 19.8. The van der Waals surface area contributed by atoms with Crippen molar-refractivity contribution in [1.29, 1.82) is 0 Å². The van der Waals surface area contributed by atoms with Crippen LogP contribution in [0.4, 0.5) is 17.1 Å². The van der Waals surface area contributed by atoms with Gasteiger partial charge < -0.3 is 9.32 Å². The summed E-state index contributed by atoms with van der Waals surface area (Å²) in [4.78, 5) is 2.30. The van der Waals surface area contributed by atoms with Crippen molar-refractivity contribution in [2.24, 2.45) is 0 Å². The lowest BCUT2D eigenvalue weighted by molar-refractivity contribution is 0.669. The lowest BCUT2D eigenvalue weighted by Gasteiger charge is -2.25. The van der Waals surface area contributed by atoms with Crippen molar-refractivity contribution in [2.45, 2.75) is 0 Å². The van der Waals surface area contributed by atoms with Crippen molar-refractivity contribution in [3.8, 4) is 11.1 Å². The summed E-state index contributed by atoms with van der Waals surface area (Å²) in [7, 11) is 0. The smallest absolute Gasteiger partial charge is 0.136 e. The van der Waals surface area contributed by atoms with Crippen molar-refractivity contribution in [3.05, 3.63) is 152 Å². The van der Waals surface area contributed by atoms with E-state index in [2.05, 4.69) is 144 Å². The number of hydrogen-bond donors (Lipinski definition) is 0. The molecule has 0 bridgehead atoms. The van der Waals surface area contributed by atoms with Gasteiger partial charge in [0.25, 0.3) is 0 Å². The van der Waals surface area contributed by atoms with Crippen LogP contribution in [0.1, 0.15) is 0 Å². The molecule has 0 amide bonds. The molecular formula is C38H25NO. The number of anilines is 3. The summed E-state index contributed by atoms with van der Waals surface area (Å²) in [6.07, 6.45) is 0. The van der Waals surface area contributed by atoms with Gasteiger partial charge in [0.2, 0.25) is 0 Å². The third-order valence-corrected chi connectivity index (χ3v) is 7.82. The van der Waals surface area contributed by atoms with Crippen molar-refractivity contribution in [1.82, 2.24) is 0 Å². The maximum absolute atomic E-state index is 6.28. The van der Waals surface area contributed by atoms with E-state index in [0.29, 0.717) is 0 Å². The predicted octanol–water partition coefficient (Wildman–Crippen LogP) is 11.0. The fourth-order valence-corrected chi connectivity index (χ4v) is 5.95. The fourth-order valence-electron chi connectivity index (χ4n) is 5.95. The summed E-state index contributed by atoms with van der Waals surface area (Å²) in [6, 6.07) is 53.8. The number of nitrogens with zero attached hydrogens (tertiary/aromatic N) is 1. The molecule has 0 aliphatic rings. The molecular weight excluding hydrogens is 486 g/mol. The minimum atomic E-state index is 0.921. The summed E-state index contributed by atoms with van der Waals surface area (Å²) >= 11 is 0. The molecule has 0 aliphatic heterocycles. The molecule has 1 heterocycles. The first-order valence-electron chi connectivity index (χ1n) is 13.6. The molecule has 8 aromatic rings. The van der Waals surface area contributed by atoms with Crippen LogP contribution in [0, 0.1) is 0 Å². The largest absolute Gasteiger partial charge is 0.456 e. The lowest BCUT2D eigenvalue weighted by atomic mass is 9.92. The Balaban J connectivity index is 1.33. The van der Waals surface area contributed by atoms with E-state index in [1.54, 1.807) is 0 Å². The van der Waals surface area contributed by atoms with Crippen LogP contribution in [-0.4, -0.2) is 0 Å². The highest BCUT2D eigenvalue weighted by atomic mass is 16.3. The molecule has 2 heteroatoms. The highest BCUT2D eigenvalue weighted by Gasteiger charge is 2.16. The van der Waals surface area contributed by atoms with Gasteiger partial charge >= 0.3 is 0 Å². The van der Waals surface area contributed by atoms with E-state index in [1.807, 2.05) is 12.1 Å². The van der Waals surface area contributed by atoms with Gasteiger partial charge in [-0.05, 0) is 93.3 Å². The SMILES string of the molecule is c1ccc(N(c2ccccc2)c2ccc(-c3cc4ccccc4c4cc5oc6ccccc6c5cc34)cc2)cc1. The Morgan fingerprint density at radius 3 is 1.70 bits per heavy atom. The Bertz CT molecular complexity index is 2100. The lowest BCUT2D eigenvalue weighted by Crippen LogP contribution is -2.09. The zero-order valence-corrected chi connectivity index (χ0v) is 21.8. The average molecular weight is 512 g/mol. The predicted molar refractivity (Wildman–Crippen MR) is 169 cm³/mol. The number of furan rings is 1. The van der Waals surface area contributed by atoms with Crippen LogP contribution in [0.2, 0.25) is 0 Å². The Morgan fingerprint density at radius 1 is 0.375 bits per heavy atom. The Labute approximate surface area is 232 Å². The van der Waals surface area contributed by atoms with Gasteiger partial charge in [-0.1, -0.05) is 91.0 Å². The van der Waals surface area contributed by atoms with E-state index in [4.69, 9.17) is 4.42 Å². The molecule has 1 aromatic heterocycles. The molecule has 0 radical (unpaired) electrons.